The molecule has 0 aliphatic carbocycles. The molecule has 1 saturated heterocycles. The van der Waals surface area contributed by atoms with Gasteiger partial charge in [0.05, 0.1) is 24.8 Å². The van der Waals surface area contributed by atoms with Crippen LogP contribution in [0.5, 0.6) is 0 Å². The smallest absolute Gasteiger partial charge is 0.252 e. The molecule has 26 heavy (non-hydrogen) atoms. The molecular formula is C21H27ClN2O2. The van der Waals surface area contributed by atoms with E-state index in [2.05, 4.69) is 54.6 Å². The van der Waals surface area contributed by atoms with Gasteiger partial charge in [-0.3, -0.25) is 9.69 Å². The largest absolute Gasteiger partial charge is 0.379 e. The number of allylic oxidation sites excluding steroid dienone is 2. The van der Waals surface area contributed by atoms with Gasteiger partial charge in [0.25, 0.3) is 5.91 Å². The van der Waals surface area contributed by atoms with E-state index in [-0.39, 0.29) is 17.0 Å². The number of ether oxygens (including phenoxy) is 1. The molecule has 0 aromatic heterocycles. The highest BCUT2D eigenvalue weighted by molar-refractivity contribution is 6.35. The number of aryl methyl sites for hydroxylation is 1. The molecule has 1 amide bonds. The van der Waals surface area contributed by atoms with Gasteiger partial charge in [-0.1, -0.05) is 60.2 Å². The van der Waals surface area contributed by atoms with Crippen LogP contribution in [0.15, 0.2) is 59.7 Å². The van der Waals surface area contributed by atoms with Crippen LogP contribution < -0.4 is 5.32 Å². The topological polar surface area (TPSA) is 41.6 Å². The number of hydrogen-bond acceptors (Lipinski definition) is 3. The zero-order valence-electron chi connectivity index (χ0n) is 15.6. The summed E-state index contributed by atoms with van der Waals surface area (Å²) in [6.07, 6.45) is 1.65. The lowest BCUT2D eigenvalue weighted by Crippen LogP contribution is -2.44. The minimum absolute atomic E-state index is 0.0816. The van der Waals surface area contributed by atoms with Gasteiger partial charge in [0.2, 0.25) is 0 Å². The van der Waals surface area contributed by atoms with E-state index in [9.17, 15) is 4.79 Å². The molecule has 0 radical (unpaired) electrons. The number of nitrogens with zero attached hydrogens (tertiary/aromatic N) is 1. The quantitative estimate of drug-likeness (QED) is 0.584. The number of morpholine rings is 1. The standard InChI is InChI=1S/C21H27ClN2O2/c1-15(2)13-19(17(4)22)21(25)23-14-20(24-9-11-26-12-10-24)18-7-5-16(3)6-8-18/h5-8,13,20H,1,4,9-12,14H2,2-3H3,(H,23,25)/b19-13+. The lowest BCUT2D eigenvalue weighted by Gasteiger charge is -2.35. The van der Waals surface area contributed by atoms with Crippen LogP contribution >= 0.6 is 11.6 Å². The highest BCUT2D eigenvalue weighted by Crippen LogP contribution is 2.22. The summed E-state index contributed by atoms with van der Waals surface area (Å²) in [5, 5.41) is 3.22. The van der Waals surface area contributed by atoms with Crippen molar-refractivity contribution >= 4 is 17.5 Å². The van der Waals surface area contributed by atoms with Crippen LogP contribution in [0.25, 0.3) is 0 Å². The average Bonchev–Trinajstić information content (AvgIpc) is 2.61. The molecule has 1 aliphatic rings. The van der Waals surface area contributed by atoms with Crippen molar-refractivity contribution in [2.24, 2.45) is 0 Å². The van der Waals surface area contributed by atoms with Gasteiger partial charge in [-0.25, -0.2) is 0 Å². The highest BCUT2D eigenvalue weighted by atomic mass is 35.5. The predicted molar refractivity (Wildman–Crippen MR) is 107 cm³/mol. The van der Waals surface area contributed by atoms with Gasteiger partial charge < -0.3 is 10.1 Å². The summed E-state index contributed by atoms with van der Waals surface area (Å²) in [5.74, 6) is -0.238. The molecule has 1 fully saturated rings. The fourth-order valence-corrected chi connectivity index (χ4v) is 3.07. The number of hydrogen-bond donors (Lipinski definition) is 1. The van der Waals surface area contributed by atoms with Crippen molar-refractivity contribution in [3.8, 4) is 0 Å². The summed E-state index contributed by atoms with van der Waals surface area (Å²) in [6, 6.07) is 8.51. The normalized spacial score (nSPS) is 16.8. The molecule has 0 bridgehead atoms. The van der Waals surface area contributed by atoms with E-state index in [1.807, 2.05) is 6.92 Å². The molecule has 1 heterocycles. The molecule has 2 rings (SSSR count). The molecule has 1 aromatic rings. The second-order valence-corrected chi connectivity index (χ2v) is 7.05. The third-order valence-electron chi connectivity index (χ3n) is 4.33. The number of benzene rings is 1. The Morgan fingerprint density at radius 1 is 1.31 bits per heavy atom. The maximum atomic E-state index is 12.6. The average molecular weight is 375 g/mol. The molecule has 5 heteroatoms. The Morgan fingerprint density at radius 3 is 2.46 bits per heavy atom. The fourth-order valence-electron chi connectivity index (χ4n) is 2.93. The molecule has 1 aromatic carbocycles. The van der Waals surface area contributed by atoms with Crippen molar-refractivity contribution in [3.05, 3.63) is 70.8 Å². The van der Waals surface area contributed by atoms with Gasteiger partial charge in [-0.15, -0.1) is 0 Å². The maximum Gasteiger partial charge on any atom is 0.252 e. The van der Waals surface area contributed by atoms with E-state index in [0.717, 1.165) is 18.7 Å². The van der Waals surface area contributed by atoms with E-state index in [1.54, 1.807) is 6.08 Å². The number of nitrogens with one attached hydrogen (secondary N) is 1. The number of rotatable bonds is 7. The van der Waals surface area contributed by atoms with Gasteiger partial charge in [0.1, 0.15) is 0 Å². The predicted octanol–water partition coefficient (Wildman–Crippen LogP) is 3.74. The monoisotopic (exact) mass is 374 g/mol. The van der Waals surface area contributed by atoms with Crippen molar-refractivity contribution in [1.29, 1.82) is 0 Å². The Balaban J connectivity index is 2.15. The van der Waals surface area contributed by atoms with Gasteiger partial charge in [-0.05, 0) is 25.5 Å². The van der Waals surface area contributed by atoms with Crippen LogP contribution in [0.1, 0.15) is 24.1 Å². The molecule has 4 nitrogen and oxygen atoms in total. The van der Waals surface area contributed by atoms with Crippen molar-refractivity contribution < 1.29 is 9.53 Å². The van der Waals surface area contributed by atoms with Gasteiger partial charge in [0.15, 0.2) is 0 Å². The van der Waals surface area contributed by atoms with E-state index in [0.29, 0.717) is 25.3 Å². The van der Waals surface area contributed by atoms with Crippen LogP contribution in [0, 0.1) is 6.92 Å². The highest BCUT2D eigenvalue weighted by Gasteiger charge is 2.24. The summed E-state index contributed by atoms with van der Waals surface area (Å²) in [5.41, 5.74) is 3.49. The van der Waals surface area contributed by atoms with Crippen molar-refractivity contribution in [2.45, 2.75) is 19.9 Å². The molecule has 1 aliphatic heterocycles. The van der Waals surface area contributed by atoms with Crippen molar-refractivity contribution in [2.75, 3.05) is 32.8 Å². The van der Waals surface area contributed by atoms with E-state index in [4.69, 9.17) is 16.3 Å². The summed E-state index contributed by atoms with van der Waals surface area (Å²) in [6.45, 7) is 14.9. The second kappa shape index (κ2) is 9.72. The van der Waals surface area contributed by atoms with E-state index < -0.39 is 0 Å². The lowest BCUT2D eigenvalue weighted by molar-refractivity contribution is -0.117. The number of carbonyl (C=O) groups excluding carboxylic acids is 1. The minimum atomic E-state index is -0.238. The molecule has 0 spiro atoms. The molecule has 1 unspecified atom stereocenters. The zero-order chi connectivity index (χ0) is 19.1. The Hall–Kier alpha value is -1.88. The van der Waals surface area contributed by atoms with Crippen LogP contribution in [0.4, 0.5) is 0 Å². The third kappa shape index (κ3) is 5.84. The Kier molecular flexibility index (Phi) is 7.64. The van der Waals surface area contributed by atoms with E-state index in [1.165, 1.54) is 11.1 Å². The SMILES string of the molecule is C=C(C)/C=C(\C(=C)Cl)C(=O)NCC(c1ccc(C)cc1)N1CCOCC1. The molecular weight excluding hydrogens is 348 g/mol. The summed E-state index contributed by atoms with van der Waals surface area (Å²) in [4.78, 5) is 14.9. The Bertz CT molecular complexity index is 688. The van der Waals surface area contributed by atoms with Gasteiger partial charge in [0, 0.05) is 24.7 Å². The first-order chi connectivity index (χ1) is 12.4. The molecule has 140 valence electrons. The van der Waals surface area contributed by atoms with Crippen LogP contribution in [-0.2, 0) is 9.53 Å². The van der Waals surface area contributed by atoms with E-state index >= 15 is 0 Å². The number of amides is 1. The summed E-state index contributed by atoms with van der Waals surface area (Å²) in [7, 11) is 0. The van der Waals surface area contributed by atoms with Crippen LogP contribution in [-0.4, -0.2) is 43.7 Å². The van der Waals surface area contributed by atoms with Crippen LogP contribution in [0.2, 0.25) is 0 Å². The Morgan fingerprint density at radius 2 is 1.92 bits per heavy atom. The first-order valence-corrected chi connectivity index (χ1v) is 9.15. The summed E-state index contributed by atoms with van der Waals surface area (Å²) >= 11 is 5.99. The fraction of sp³-hybridized carbons (Fsp3) is 0.381. The number of halogens is 1. The first kappa shape index (κ1) is 20.4. The van der Waals surface area contributed by atoms with Crippen LogP contribution in [0.3, 0.4) is 0 Å². The molecule has 0 saturated carbocycles. The van der Waals surface area contributed by atoms with Gasteiger partial charge >= 0.3 is 0 Å². The first-order valence-electron chi connectivity index (χ1n) is 8.77. The minimum Gasteiger partial charge on any atom is -0.379 e. The van der Waals surface area contributed by atoms with Crippen molar-refractivity contribution in [1.82, 2.24) is 10.2 Å². The second-order valence-electron chi connectivity index (χ2n) is 6.59. The van der Waals surface area contributed by atoms with Crippen molar-refractivity contribution in [3.63, 3.8) is 0 Å². The molecule has 1 N–H and O–H groups in total. The van der Waals surface area contributed by atoms with Gasteiger partial charge in [-0.2, -0.15) is 0 Å². The molecule has 1 atom stereocenters. The number of carbonyl (C=O) groups is 1. The maximum absolute atomic E-state index is 12.6. The summed E-state index contributed by atoms with van der Waals surface area (Å²) < 4.78 is 5.47. The lowest BCUT2D eigenvalue weighted by atomic mass is 10.0. The Labute approximate surface area is 161 Å². The third-order valence-corrected chi connectivity index (χ3v) is 4.54. The zero-order valence-corrected chi connectivity index (χ0v) is 16.3.